The van der Waals surface area contributed by atoms with Crippen LogP contribution in [-0.2, 0) is 12.3 Å². The van der Waals surface area contributed by atoms with Gasteiger partial charge in [0.1, 0.15) is 0 Å². The van der Waals surface area contributed by atoms with Crippen molar-refractivity contribution >= 4 is 11.8 Å². The van der Waals surface area contributed by atoms with Gasteiger partial charge in [0.2, 0.25) is 5.16 Å². The minimum Gasteiger partial charge on any atom is -0.312 e. The Labute approximate surface area is 129 Å². The van der Waals surface area contributed by atoms with E-state index in [-0.39, 0.29) is 0 Å². The lowest BCUT2D eigenvalue weighted by Crippen LogP contribution is -2.22. The zero-order valence-corrected chi connectivity index (χ0v) is 13.4. The van der Waals surface area contributed by atoms with Gasteiger partial charge in [-0.1, -0.05) is 30.0 Å². The van der Waals surface area contributed by atoms with Crippen molar-refractivity contribution in [1.29, 1.82) is 0 Å². The standard InChI is InChI=1S/C15H21N5S/c1-11-4-3-5-12(2)14(11)10-21-15-17-18-19-20(15)9-8-16-13-6-7-13/h3-5,13,16H,6-10H2,1-2H3. The summed E-state index contributed by atoms with van der Waals surface area (Å²) >= 11 is 1.71. The quantitative estimate of drug-likeness (QED) is 0.796. The maximum atomic E-state index is 4.14. The van der Waals surface area contributed by atoms with Gasteiger partial charge < -0.3 is 5.32 Å². The maximum absolute atomic E-state index is 4.14. The van der Waals surface area contributed by atoms with Crippen molar-refractivity contribution in [3.63, 3.8) is 0 Å². The van der Waals surface area contributed by atoms with E-state index in [1.54, 1.807) is 11.8 Å². The summed E-state index contributed by atoms with van der Waals surface area (Å²) in [5.41, 5.74) is 4.04. The smallest absolute Gasteiger partial charge is 0.209 e. The average molecular weight is 303 g/mol. The zero-order chi connectivity index (χ0) is 14.7. The van der Waals surface area contributed by atoms with E-state index in [4.69, 9.17) is 0 Å². The molecule has 1 aromatic heterocycles. The summed E-state index contributed by atoms with van der Waals surface area (Å²) in [6, 6.07) is 7.15. The van der Waals surface area contributed by atoms with Gasteiger partial charge in [-0.2, -0.15) is 0 Å². The van der Waals surface area contributed by atoms with E-state index in [2.05, 4.69) is 52.9 Å². The van der Waals surface area contributed by atoms with Crippen LogP contribution in [0.4, 0.5) is 0 Å². The molecule has 21 heavy (non-hydrogen) atoms. The molecule has 0 spiro atoms. The van der Waals surface area contributed by atoms with Gasteiger partial charge >= 0.3 is 0 Å². The van der Waals surface area contributed by atoms with Crippen LogP contribution >= 0.6 is 11.8 Å². The van der Waals surface area contributed by atoms with Crippen molar-refractivity contribution in [3.8, 4) is 0 Å². The number of benzene rings is 1. The highest BCUT2D eigenvalue weighted by Gasteiger charge is 2.20. The molecule has 1 aliphatic carbocycles. The lowest BCUT2D eigenvalue weighted by molar-refractivity contribution is 0.509. The van der Waals surface area contributed by atoms with E-state index in [1.165, 1.54) is 29.5 Å². The average Bonchev–Trinajstić information content (AvgIpc) is 3.17. The molecular formula is C15H21N5S. The Balaban J connectivity index is 1.58. The highest BCUT2D eigenvalue weighted by atomic mass is 32.2. The van der Waals surface area contributed by atoms with Gasteiger partial charge in [0.15, 0.2) is 0 Å². The molecule has 0 radical (unpaired) electrons. The fraction of sp³-hybridized carbons (Fsp3) is 0.533. The molecule has 1 aliphatic rings. The number of nitrogens with zero attached hydrogens (tertiary/aromatic N) is 4. The molecule has 6 heteroatoms. The molecule has 0 bridgehead atoms. The summed E-state index contributed by atoms with van der Waals surface area (Å²) in [6.07, 6.45) is 2.62. The Morgan fingerprint density at radius 1 is 1.29 bits per heavy atom. The van der Waals surface area contributed by atoms with Crippen LogP contribution in [0, 0.1) is 13.8 Å². The molecule has 5 nitrogen and oxygen atoms in total. The van der Waals surface area contributed by atoms with Crippen molar-refractivity contribution in [2.75, 3.05) is 6.54 Å². The SMILES string of the molecule is Cc1cccc(C)c1CSc1nnnn1CCNC1CC1. The van der Waals surface area contributed by atoms with Crippen LogP contribution in [0.25, 0.3) is 0 Å². The third-order valence-electron chi connectivity index (χ3n) is 3.82. The highest BCUT2D eigenvalue weighted by Crippen LogP contribution is 2.24. The topological polar surface area (TPSA) is 55.6 Å². The van der Waals surface area contributed by atoms with Gasteiger partial charge in [0.25, 0.3) is 0 Å². The number of tetrazole rings is 1. The number of thioether (sulfide) groups is 1. The summed E-state index contributed by atoms with van der Waals surface area (Å²) in [4.78, 5) is 0. The van der Waals surface area contributed by atoms with E-state index in [1.807, 2.05) is 4.68 Å². The first kappa shape index (κ1) is 14.5. The number of rotatable bonds is 7. The van der Waals surface area contributed by atoms with E-state index < -0.39 is 0 Å². The molecule has 2 aromatic rings. The first-order valence-electron chi connectivity index (χ1n) is 7.41. The zero-order valence-electron chi connectivity index (χ0n) is 12.5. The van der Waals surface area contributed by atoms with Crippen LogP contribution in [-0.4, -0.2) is 32.8 Å². The molecule has 1 N–H and O–H groups in total. The Hall–Kier alpha value is -1.40. The summed E-state index contributed by atoms with van der Waals surface area (Å²) in [6.45, 7) is 6.09. The summed E-state index contributed by atoms with van der Waals surface area (Å²) < 4.78 is 1.90. The van der Waals surface area contributed by atoms with E-state index in [9.17, 15) is 0 Å². The molecule has 0 aliphatic heterocycles. The Morgan fingerprint density at radius 3 is 2.76 bits per heavy atom. The fourth-order valence-electron chi connectivity index (χ4n) is 2.32. The van der Waals surface area contributed by atoms with Crippen molar-refractivity contribution in [1.82, 2.24) is 25.5 Å². The number of hydrogen-bond donors (Lipinski definition) is 1. The van der Waals surface area contributed by atoms with Gasteiger partial charge in [-0.3, -0.25) is 0 Å². The van der Waals surface area contributed by atoms with Crippen LogP contribution in [0.1, 0.15) is 29.5 Å². The fourth-order valence-corrected chi connectivity index (χ4v) is 3.42. The lowest BCUT2D eigenvalue weighted by Gasteiger charge is -2.09. The summed E-state index contributed by atoms with van der Waals surface area (Å²) in [5.74, 6) is 0.912. The number of nitrogens with one attached hydrogen (secondary N) is 1. The molecule has 1 fully saturated rings. The van der Waals surface area contributed by atoms with Crippen molar-refractivity contribution in [2.45, 2.75) is 50.2 Å². The summed E-state index contributed by atoms with van der Waals surface area (Å²) in [7, 11) is 0. The van der Waals surface area contributed by atoms with Crippen molar-refractivity contribution < 1.29 is 0 Å². The first-order chi connectivity index (χ1) is 10.2. The van der Waals surface area contributed by atoms with Crippen LogP contribution in [0.2, 0.25) is 0 Å². The third kappa shape index (κ3) is 3.83. The molecule has 1 aromatic carbocycles. The van der Waals surface area contributed by atoms with Crippen LogP contribution in [0.15, 0.2) is 23.4 Å². The van der Waals surface area contributed by atoms with Gasteiger partial charge in [-0.15, -0.1) is 5.10 Å². The second kappa shape index (κ2) is 6.58. The second-order valence-corrected chi connectivity index (χ2v) is 6.51. The van der Waals surface area contributed by atoms with E-state index in [0.29, 0.717) is 0 Å². The first-order valence-corrected chi connectivity index (χ1v) is 8.40. The van der Waals surface area contributed by atoms with Crippen molar-refractivity contribution in [2.24, 2.45) is 0 Å². The molecule has 112 valence electrons. The number of hydrogen-bond acceptors (Lipinski definition) is 5. The normalized spacial score (nSPS) is 14.6. The molecule has 0 amide bonds. The van der Waals surface area contributed by atoms with Crippen LogP contribution < -0.4 is 5.32 Å². The van der Waals surface area contributed by atoms with Gasteiger partial charge in [-0.25, -0.2) is 4.68 Å². The number of aryl methyl sites for hydroxylation is 2. The third-order valence-corrected chi connectivity index (χ3v) is 4.81. The highest BCUT2D eigenvalue weighted by molar-refractivity contribution is 7.98. The molecule has 0 atom stereocenters. The van der Waals surface area contributed by atoms with Gasteiger partial charge in [-0.05, 0) is 53.8 Å². The minimum atomic E-state index is 0.729. The Bertz CT molecular complexity index is 586. The molecule has 0 saturated heterocycles. The monoisotopic (exact) mass is 303 g/mol. The van der Waals surface area contributed by atoms with Crippen LogP contribution in [0.5, 0.6) is 0 Å². The molecule has 3 rings (SSSR count). The van der Waals surface area contributed by atoms with Crippen LogP contribution in [0.3, 0.4) is 0 Å². The predicted molar refractivity (Wildman–Crippen MR) is 84.3 cm³/mol. The van der Waals surface area contributed by atoms with E-state index in [0.717, 1.165) is 30.0 Å². The molecular weight excluding hydrogens is 282 g/mol. The maximum Gasteiger partial charge on any atom is 0.209 e. The van der Waals surface area contributed by atoms with Gasteiger partial charge in [0.05, 0.1) is 6.54 Å². The Kier molecular flexibility index (Phi) is 4.55. The molecule has 1 heterocycles. The summed E-state index contributed by atoms with van der Waals surface area (Å²) in [5, 5.41) is 16.4. The lowest BCUT2D eigenvalue weighted by atomic mass is 10.1. The predicted octanol–water partition coefficient (Wildman–Crippen LogP) is 2.33. The van der Waals surface area contributed by atoms with E-state index >= 15 is 0 Å². The number of aromatic nitrogens is 4. The molecule has 1 saturated carbocycles. The van der Waals surface area contributed by atoms with Crippen molar-refractivity contribution in [3.05, 3.63) is 34.9 Å². The largest absolute Gasteiger partial charge is 0.312 e. The minimum absolute atomic E-state index is 0.729. The molecule has 0 unspecified atom stereocenters. The van der Waals surface area contributed by atoms with Gasteiger partial charge in [0, 0.05) is 18.3 Å². The Morgan fingerprint density at radius 2 is 2.05 bits per heavy atom. The second-order valence-electron chi connectivity index (χ2n) is 5.57.